The van der Waals surface area contributed by atoms with Gasteiger partial charge in [-0.2, -0.15) is 0 Å². The van der Waals surface area contributed by atoms with Gasteiger partial charge in [0.25, 0.3) is 0 Å². The predicted molar refractivity (Wildman–Crippen MR) is 278 cm³/mol. The second kappa shape index (κ2) is 52.6. The Labute approximate surface area is 399 Å². The molecule has 0 aliphatic carbocycles. The smallest absolute Gasteiger partial charge is 0.306 e. The summed E-state index contributed by atoms with van der Waals surface area (Å²) in [5.74, 6) is -0.482. The largest absolute Gasteiger partial charge is 0.462 e. The molecule has 0 spiro atoms. The Kier molecular flexibility index (Phi) is 51.4. The first-order chi connectivity index (χ1) is 31.5. The molecule has 3 N–H and O–H groups in total. The van der Waals surface area contributed by atoms with E-state index < -0.39 is 18.2 Å². The zero-order chi connectivity index (χ0) is 46.7. The van der Waals surface area contributed by atoms with E-state index in [-0.39, 0.29) is 24.9 Å². The highest BCUT2D eigenvalue weighted by molar-refractivity contribution is 5.77. The molecule has 3 unspecified atom stereocenters. The van der Waals surface area contributed by atoms with Crippen LogP contribution in [-0.4, -0.2) is 46.9 Å². The van der Waals surface area contributed by atoms with Gasteiger partial charge in [-0.3, -0.25) is 9.59 Å². The maximum Gasteiger partial charge on any atom is 0.306 e. The molecular formula is C58H113NO5. The highest BCUT2D eigenvalue weighted by Crippen LogP contribution is 2.19. The van der Waals surface area contributed by atoms with Gasteiger partial charge in [-0.15, -0.1) is 0 Å². The average molecular weight is 905 g/mol. The van der Waals surface area contributed by atoms with Crippen LogP contribution in [-0.2, 0) is 14.3 Å². The molecule has 0 rings (SSSR count). The lowest BCUT2D eigenvalue weighted by Gasteiger charge is -2.24. The molecule has 0 aromatic rings. The van der Waals surface area contributed by atoms with E-state index >= 15 is 0 Å². The van der Waals surface area contributed by atoms with Crippen LogP contribution in [0.15, 0.2) is 12.2 Å². The van der Waals surface area contributed by atoms with E-state index in [4.69, 9.17) is 4.74 Å². The summed E-state index contributed by atoms with van der Waals surface area (Å²) in [5.41, 5.74) is 0. The summed E-state index contributed by atoms with van der Waals surface area (Å²) in [6.07, 6.45) is 60.0. The summed E-state index contributed by atoms with van der Waals surface area (Å²) in [5, 5.41) is 23.8. The number of ether oxygens (including phenoxy) is 1. The predicted octanol–water partition coefficient (Wildman–Crippen LogP) is 17.7. The van der Waals surface area contributed by atoms with Gasteiger partial charge in [-0.1, -0.05) is 277 Å². The third-order valence-electron chi connectivity index (χ3n) is 13.6. The van der Waals surface area contributed by atoms with Crippen LogP contribution in [0.3, 0.4) is 0 Å². The minimum absolute atomic E-state index is 0.0641. The van der Waals surface area contributed by atoms with Crippen molar-refractivity contribution >= 4 is 11.9 Å². The second-order valence-corrected chi connectivity index (χ2v) is 20.1. The summed E-state index contributed by atoms with van der Waals surface area (Å²) in [7, 11) is 0. The van der Waals surface area contributed by atoms with Crippen LogP contribution in [0.2, 0.25) is 0 Å². The zero-order valence-electron chi connectivity index (χ0n) is 43.4. The Balaban J connectivity index is 4.42. The monoisotopic (exact) mass is 904 g/mol. The minimum Gasteiger partial charge on any atom is -0.462 e. The first-order valence-electron chi connectivity index (χ1n) is 28.9. The van der Waals surface area contributed by atoms with Gasteiger partial charge in [0.2, 0.25) is 5.91 Å². The first kappa shape index (κ1) is 62.6. The van der Waals surface area contributed by atoms with Crippen molar-refractivity contribution in [1.82, 2.24) is 5.32 Å². The van der Waals surface area contributed by atoms with Crippen molar-refractivity contribution < 1.29 is 24.5 Å². The van der Waals surface area contributed by atoms with Crippen LogP contribution >= 0.6 is 0 Å². The van der Waals surface area contributed by atoms with Crippen LogP contribution in [0.5, 0.6) is 0 Å². The lowest BCUT2D eigenvalue weighted by Crippen LogP contribution is -2.46. The van der Waals surface area contributed by atoms with Crippen molar-refractivity contribution in [3.8, 4) is 0 Å². The Morgan fingerprint density at radius 2 is 0.766 bits per heavy atom. The van der Waals surface area contributed by atoms with Crippen LogP contribution in [0, 0.1) is 0 Å². The molecule has 0 aliphatic heterocycles. The van der Waals surface area contributed by atoms with Crippen molar-refractivity contribution in [2.45, 2.75) is 341 Å². The molecule has 0 saturated carbocycles. The number of nitrogens with one attached hydrogen (secondary N) is 1. The summed E-state index contributed by atoms with van der Waals surface area (Å²) >= 11 is 0. The molecule has 0 aliphatic rings. The molecule has 0 fully saturated rings. The van der Waals surface area contributed by atoms with Gasteiger partial charge in [-0.05, 0) is 44.9 Å². The summed E-state index contributed by atoms with van der Waals surface area (Å²) in [6, 6.07) is -0.704. The molecule has 64 heavy (non-hydrogen) atoms. The second-order valence-electron chi connectivity index (χ2n) is 20.1. The molecule has 0 aromatic carbocycles. The Morgan fingerprint density at radius 3 is 1.14 bits per heavy atom. The minimum atomic E-state index is -0.789. The molecule has 380 valence electrons. The van der Waals surface area contributed by atoms with Crippen LogP contribution in [0.25, 0.3) is 0 Å². The number of hydrogen-bond acceptors (Lipinski definition) is 5. The SMILES string of the molecule is CCCCCCCC/C=C\CCCC(CC(=O)NC(CO)C(O)CCCCCCCCCCCCCCCCC)OC(=O)CCCCCCCCCCCCCCCCCCCCC. The normalized spacial score (nSPS) is 13.1. The zero-order valence-corrected chi connectivity index (χ0v) is 43.4. The van der Waals surface area contributed by atoms with Gasteiger partial charge >= 0.3 is 5.97 Å². The fourth-order valence-corrected chi connectivity index (χ4v) is 9.20. The fourth-order valence-electron chi connectivity index (χ4n) is 9.20. The van der Waals surface area contributed by atoms with Gasteiger partial charge in [0.15, 0.2) is 0 Å². The van der Waals surface area contributed by atoms with Gasteiger partial charge in [0.1, 0.15) is 6.10 Å². The Morgan fingerprint density at radius 1 is 0.438 bits per heavy atom. The Bertz CT molecular complexity index is 970. The van der Waals surface area contributed by atoms with E-state index in [1.807, 2.05) is 0 Å². The standard InChI is InChI=1S/C58H113NO5/c1-4-7-10-13-16-19-22-24-26-27-28-29-31-33-36-39-42-45-48-51-58(63)64-54(49-46-43-40-37-34-21-18-15-12-9-6-3)52-57(62)59-55(53-60)56(61)50-47-44-41-38-35-32-30-25-23-20-17-14-11-8-5-2/h37,40,54-56,60-61H,4-36,38-39,41-53H2,1-3H3,(H,59,62)/b40-37-. The highest BCUT2D eigenvalue weighted by atomic mass is 16.5. The van der Waals surface area contributed by atoms with E-state index in [9.17, 15) is 19.8 Å². The van der Waals surface area contributed by atoms with Gasteiger partial charge in [0.05, 0.1) is 25.2 Å². The van der Waals surface area contributed by atoms with Crippen molar-refractivity contribution in [2.75, 3.05) is 6.61 Å². The maximum atomic E-state index is 13.2. The van der Waals surface area contributed by atoms with E-state index in [0.29, 0.717) is 19.3 Å². The Hall–Kier alpha value is -1.40. The van der Waals surface area contributed by atoms with Crippen molar-refractivity contribution in [3.05, 3.63) is 12.2 Å². The molecule has 6 nitrogen and oxygen atoms in total. The van der Waals surface area contributed by atoms with Gasteiger partial charge in [0, 0.05) is 6.42 Å². The topological polar surface area (TPSA) is 95.9 Å². The summed E-state index contributed by atoms with van der Waals surface area (Å²) in [4.78, 5) is 26.2. The molecule has 0 heterocycles. The third kappa shape index (κ3) is 47.1. The quantitative estimate of drug-likeness (QED) is 0.0321. The number of aliphatic hydroxyl groups excluding tert-OH is 2. The number of allylic oxidation sites excluding steroid dienone is 2. The van der Waals surface area contributed by atoms with Crippen LogP contribution in [0.4, 0.5) is 0 Å². The summed E-state index contributed by atoms with van der Waals surface area (Å²) in [6.45, 7) is 6.51. The molecule has 3 atom stereocenters. The highest BCUT2D eigenvalue weighted by Gasteiger charge is 2.24. The molecule has 0 radical (unpaired) electrons. The van der Waals surface area contributed by atoms with Crippen LogP contribution < -0.4 is 5.32 Å². The van der Waals surface area contributed by atoms with E-state index in [1.54, 1.807) is 0 Å². The van der Waals surface area contributed by atoms with E-state index in [0.717, 1.165) is 51.4 Å². The average Bonchev–Trinajstić information content (AvgIpc) is 3.29. The fraction of sp³-hybridized carbons (Fsp3) is 0.931. The van der Waals surface area contributed by atoms with Crippen LogP contribution in [0.1, 0.15) is 323 Å². The van der Waals surface area contributed by atoms with Gasteiger partial charge < -0.3 is 20.3 Å². The third-order valence-corrected chi connectivity index (χ3v) is 13.6. The number of carbonyl (C=O) groups is 2. The summed E-state index contributed by atoms with van der Waals surface area (Å²) < 4.78 is 5.94. The number of unbranched alkanes of at least 4 members (excludes halogenated alkanes) is 39. The molecular weight excluding hydrogens is 791 g/mol. The molecule has 0 bridgehead atoms. The number of hydrogen-bond donors (Lipinski definition) is 3. The van der Waals surface area contributed by atoms with E-state index in [1.165, 1.54) is 225 Å². The lowest BCUT2D eigenvalue weighted by atomic mass is 10.0. The van der Waals surface area contributed by atoms with Crippen molar-refractivity contribution in [1.29, 1.82) is 0 Å². The van der Waals surface area contributed by atoms with E-state index in [2.05, 4.69) is 38.2 Å². The van der Waals surface area contributed by atoms with Crippen molar-refractivity contribution in [3.63, 3.8) is 0 Å². The maximum absolute atomic E-state index is 13.2. The number of amides is 1. The molecule has 6 heteroatoms. The number of esters is 1. The number of aliphatic hydroxyl groups is 2. The first-order valence-corrected chi connectivity index (χ1v) is 28.9. The molecule has 0 aromatic heterocycles. The lowest BCUT2D eigenvalue weighted by molar-refractivity contribution is -0.151. The van der Waals surface area contributed by atoms with Gasteiger partial charge in [-0.25, -0.2) is 0 Å². The molecule has 0 saturated heterocycles. The number of rotatable bonds is 53. The van der Waals surface area contributed by atoms with Crippen molar-refractivity contribution in [2.24, 2.45) is 0 Å². The molecule has 1 amide bonds. The number of carbonyl (C=O) groups excluding carboxylic acids is 2.